The van der Waals surface area contributed by atoms with Crippen LogP contribution in [0.1, 0.15) is 39.5 Å². The average Bonchev–Trinajstić information content (AvgIpc) is 3.02. The Bertz CT molecular complexity index is 355. The summed E-state index contributed by atoms with van der Waals surface area (Å²) in [6.07, 6.45) is 3.41. The van der Waals surface area contributed by atoms with Crippen molar-refractivity contribution < 1.29 is 8.42 Å². The molecule has 0 radical (unpaired) electrons. The Kier molecular flexibility index (Phi) is 4.75. The fourth-order valence-electron chi connectivity index (χ4n) is 1.71. The molecule has 92 valence electrons. The second-order valence-electron chi connectivity index (χ2n) is 4.37. The molecule has 0 aromatic carbocycles. The monoisotopic (exact) mass is 244 g/mol. The van der Waals surface area contributed by atoms with Crippen LogP contribution in [-0.2, 0) is 10.0 Å². The van der Waals surface area contributed by atoms with E-state index in [4.69, 9.17) is 5.26 Å². The summed E-state index contributed by atoms with van der Waals surface area (Å²) in [6, 6.07) is 1.89. The van der Waals surface area contributed by atoms with Crippen LogP contribution in [0.25, 0.3) is 0 Å². The fourth-order valence-corrected chi connectivity index (χ4v) is 3.48. The van der Waals surface area contributed by atoms with Gasteiger partial charge in [-0.25, -0.2) is 12.7 Å². The molecule has 0 aromatic rings. The van der Waals surface area contributed by atoms with E-state index in [1.807, 2.05) is 13.0 Å². The molecule has 0 N–H and O–H groups in total. The molecule has 1 aliphatic carbocycles. The number of sulfonamides is 1. The third kappa shape index (κ3) is 3.19. The van der Waals surface area contributed by atoms with Crippen molar-refractivity contribution in [1.82, 2.24) is 4.31 Å². The van der Waals surface area contributed by atoms with Crippen molar-refractivity contribution in [3.63, 3.8) is 0 Å². The van der Waals surface area contributed by atoms with E-state index in [1.54, 1.807) is 6.92 Å². The number of rotatable bonds is 7. The summed E-state index contributed by atoms with van der Waals surface area (Å²) in [6.45, 7) is 4.85. The Labute approximate surface area is 98.3 Å². The summed E-state index contributed by atoms with van der Waals surface area (Å²) in [7, 11) is -3.41. The first-order valence-electron chi connectivity index (χ1n) is 5.94. The van der Waals surface area contributed by atoms with E-state index in [0.29, 0.717) is 25.4 Å². The average molecular weight is 244 g/mol. The molecule has 5 heteroatoms. The second kappa shape index (κ2) is 5.65. The number of hydrogen-bond acceptors (Lipinski definition) is 3. The lowest BCUT2D eigenvalue weighted by Crippen LogP contribution is -2.39. The Morgan fingerprint density at radius 1 is 1.44 bits per heavy atom. The maximum atomic E-state index is 12.1. The molecule has 0 spiro atoms. The summed E-state index contributed by atoms with van der Waals surface area (Å²) in [5, 5.41) is 8.00. The standard InChI is InChI=1S/C11H20N2O2S/c1-3-7-13(9-10-5-6-10)16(14,15)11(4-2)8-12/h10-11H,3-7,9H2,1-2H3. The van der Waals surface area contributed by atoms with Crippen LogP contribution in [-0.4, -0.2) is 31.1 Å². The van der Waals surface area contributed by atoms with Crippen LogP contribution in [0.2, 0.25) is 0 Å². The van der Waals surface area contributed by atoms with Crippen LogP contribution in [0.15, 0.2) is 0 Å². The van der Waals surface area contributed by atoms with Gasteiger partial charge in [-0.15, -0.1) is 0 Å². The quantitative estimate of drug-likeness (QED) is 0.685. The van der Waals surface area contributed by atoms with Crippen molar-refractivity contribution in [2.45, 2.75) is 44.8 Å². The van der Waals surface area contributed by atoms with Gasteiger partial charge in [0.05, 0.1) is 6.07 Å². The van der Waals surface area contributed by atoms with Gasteiger partial charge in [0.1, 0.15) is 0 Å². The van der Waals surface area contributed by atoms with Gasteiger partial charge in [-0.1, -0.05) is 13.8 Å². The molecule has 1 atom stereocenters. The van der Waals surface area contributed by atoms with Gasteiger partial charge in [-0.2, -0.15) is 5.26 Å². The Balaban J connectivity index is 2.77. The molecule has 16 heavy (non-hydrogen) atoms. The zero-order valence-electron chi connectivity index (χ0n) is 10.0. The van der Waals surface area contributed by atoms with E-state index in [2.05, 4.69) is 0 Å². The maximum Gasteiger partial charge on any atom is 0.230 e. The van der Waals surface area contributed by atoms with Crippen LogP contribution in [0.4, 0.5) is 0 Å². The minimum Gasteiger partial charge on any atom is -0.211 e. The lowest BCUT2D eigenvalue weighted by molar-refractivity contribution is 0.392. The summed E-state index contributed by atoms with van der Waals surface area (Å²) < 4.78 is 25.8. The predicted molar refractivity (Wildman–Crippen MR) is 63.2 cm³/mol. The van der Waals surface area contributed by atoms with Gasteiger partial charge in [0, 0.05) is 13.1 Å². The lowest BCUT2D eigenvalue weighted by atomic mass is 10.4. The first kappa shape index (κ1) is 13.5. The van der Waals surface area contributed by atoms with Crippen molar-refractivity contribution in [3.8, 4) is 6.07 Å². The van der Waals surface area contributed by atoms with Gasteiger partial charge in [-0.05, 0) is 31.6 Å². The fraction of sp³-hybridized carbons (Fsp3) is 0.909. The summed E-state index contributed by atoms with van der Waals surface area (Å²) >= 11 is 0. The Morgan fingerprint density at radius 2 is 2.06 bits per heavy atom. The highest BCUT2D eigenvalue weighted by Crippen LogP contribution is 2.31. The molecule has 0 aliphatic heterocycles. The molecular weight excluding hydrogens is 224 g/mol. The Morgan fingerprint density at radius 3 is 2.44 bits per heavy atom. The van der Waals surface area contributed by atoms with Gasteiger partial charge < -0.3 is 0 Å². The summed E-state index contributed by atoms with van der Waals surface area (Å²) in [5.41, 5.74) is 0. The first-order chi connectivity index (χ1) is 7.56. The van der Waals surface area contributed by atoms with Crippen LogP contribution in [0, 0.1) is 17.2 Å². The molecular formula is C11H20N2O2S. The molecule has 1 unspecified atom stereocenters. The molecule has 1 fully saturated rings. The van der Waals surface area contributed by atoms with Gasteiger partial charge in [-0.3, -0.25) is 0 Å². The minimum absolute atomic E-state index is 0.365. The summed E-state index contributed by atoms with van der Waals surface area (Å²) in [4.78, 5) is 0. The predicted octanol–water partition coefficient (Wildman–Crippen LogP) is 1.74. The molecule has 1 aliphatic rings. The first-order valence-corrected chi connectivity index (χ1v) is 7.45. The maximum absolute atomic E-state index is 12.1. The number of nitrogens with zero attached hydrogens (tertiary/aromatic N) is 2. The van der Waals surface area contributed by atoms with Gasteiger partial charge in [0.2, 0.25) is 10.0 Å². The molecule has 0 heterocycles. The SMILES string of the molecule is CCCN(CC1CC1)S(=O)(=O)C(C#N)CC. The number of nitriles is 1. The molecule has 1 saturated carbocycles. The van der Waals surface area contributed by atoms with E-state index in [9.17, 15) is 8.42 Å². The van der Waals surface area contributed by atoms with Crippen molar-refractivity contribution in [1.29, 1.82) is 5.26 Å². The van der Waals surface area contributed by atoms with E-state index in [1.165, 1.54) is 4.31 Å². The van der Waals surface area contributed by atoms with Gasteiger partial charge in [0.25, 0.3) is 0 Å². The molecule has 0 saturated heterocycles. The smallest absolute Gasteiger partial charge is 0.211 e. The summed E-state index contributed by atoms with van der Waals surface area (Å²) in [5.74, 6) is 0.525. The third-order valence-corrected chi connectivity index (χ3v) is 5.08. The van der Waals surface area contributed by atoms with Crippen molar-refractivity contribution in [3.05, 3.63) is 0 Å². The zero-order chi connectivity index (χ0) is 12.2. The second-order valence-corrected chi connectivity index (χ2v) is 6.49. The van der Waals surface area contributed by atoms with Crippen molar-refractivity contribution in [2.75, 3.05) is 13.1 Å². The van der Waals surface area contributed by atoms with Crippen LogP contribution >= 0.6 is 0 Å². The molecule has 0 aromatic heterocycles. The molecule has 4 nitrogen and oxygen atoms in total. The van der Waals surface area contributed by atoms with Gasteiger partial charge >= 0.3 is 0 Å². The third-order valence-electron chi connectivity index (χ3n) is 2.87. The van der Waals surface area contributed by atoms with Crippen molar-refractivity contribution in [2.24, 2.45) is 5.92 Å². The molecule has 0 bridgehead atoms. The highest BCUT2D eigenvalue weighted by atomic mass is 32.2. The van der Waals surface area contributed by atoms with Crippen molar-refractivity contribution >= 4 is 10.0 Å². The largest absolute Gasteiger partial charge is 0.230 e. The van der Waals surface area contributed by atoms with Crippen LogP contribution < -0.4 is 0 Å². The Hall–Kier alpha value is -0.600. The minimum atomic E-state index is -3.41. The van der Waals surface area contributed by atoms with Crippen LogP contribution in [0.5, 0.6) is 0 Å². The van der Waals surface area contributed by atoms with E-state index < -0.39 is 15.3 Å². The van der Waals surface area contributed by atoms with E-state index in [0.717, 1.165) is 19.3 Å². The molecule has 1 rings (SSSR count). The van der Waals surface area contributed by atoms with E-state index in [-0.39, 0.29) is 0 Å². The topological polar surface area (TPSA) is 61.2 Å². The highest BCUT2D eigenvalue weighted by molar-refractivity contribution is 7.90. The highest BCUT2D eigenvalue weighted by Gasteiger charge is 2.34. The van der Waals surface area contributed by atoms with Gasteiger partial charge in [0.15, 0.2) is 5.25 Å². The normalized spacial score (nSPS) is 18.4. The number of hydrogen-bond donors (Lipinski definition) is 0. The van der Waals surface area contributed by atoms with E-state index >= 15 is 0 Å². The molecule has 0 amide bonds. The van der Waals surface area contributed by atoms with Crippen LogP contribution in [0.3, 0.4) is 0 Å². The zero-order valence-corrected chi connectivity index (χ0v) is 10.8. The lowest BCUT2D eigenvalue weighted by Gasteiger charge is -2.23.